The standard InChI is InChI=1S/C14H20F2N2OS/c1-4-18-14(3,13(17)19)8-9(2)20-10-5-6-11(15)12(16)7-10/h5-7,9,18H,4,8H2,1-3H3,(H2,17,19). The van der Waals surface area contributed by atoms with Crippen LogP contribution in [-0.2, 0) is 4.79 Å². The van der Waals surface area contributed by atoms with Crippen LogP contribution in [-0.4, -0.2) is 23.2 Å². The molecule has 1 amide bonds. The van der Waals surface area contributed by atoms with Crippen LogP contribution in [0.3, 0.4) is 0 Å². The highest BCUT2D eigenvalue weighted by Crippen LogP contribution is 2.29. The molecule has 112 valence electrons. The second kappa shape index (κ2) is 7.04. The molecule has 1 rings (SSSR count). The maximum Gasteiger partial charge on any atom is 0.237 e. The van der Waals surface area contributed by atoms with Gasteiger partial charge in [0, 0.05) is 10.1 Å². The average molecular weight is 302 g/mol. The third-order valence-electron chi connectivity index (χ3n) is 3.03. The number of likely N-dealkylation sites (N-methyl/N-ethyl adjacent to an activating group) is 1. The van der Waals surface area contributed by atoms with Crippen molar-refractivity contribution in [3.63, 3.8) is 0 Å². The SMILES string of the molecule is CCNC(C)(CC(C)Sc1ccc(F)c(F)c1)C(N)=O. The van der Waals surface area contributed by atoms with E-state index in [2.05, 4.69) is 5.32 Å². The molecule has 0 heterocycles. The lowest BCUT2D eigenvalue weighted by Crippen LogP contribution is -2.54. The molecule has 6 heteroatoms. The summed E-state index contributed by atoms with van der Waals surface area (Å²) in [6.45, 7) is 6.20. The summed E-state index contributed by atoms with van der Waals surface area (Å²) in [5, 5.41) is 3.10. The van der Waals surface area contributed by atoms with Crippen molar-refractivity contribution in [1.29, 1.82) is 0 Å². The van der Waals surface area contributed by atoms with Gasteiger partial charge in [-0.25, -0.2) is 8.78 Å². The van der Waals surface area contributed by atoms with Crippen LogP contribution in [0, 0.1) is 11.6 Å². The van der Waals surface area contributed by atoms with E-state index < -0.39 is 23.1 Å². The molecule has 2 atom stereocenters. The van der Waals surface area contributed by atoms with E-state index in [1.165, 1.54) is 17.8 Å². The van der Waals surface area contributed by atoms with Gasteiger partial charge in [0.05, 0.1) is 5.54 Å². The predicted molar refractivity (Wildman–Crippen MR) is 77.6 cm³/mol. The van der Waals surface area contributed by atoms with Gasteiger partial charge in [-0.1, -0.05) is 13.8 Å². The molecule has 0 spiro atoms. The molecule has 0 bridgehead atoms. The van der Waals surface area contributed by atoms with Crippen molar-refractivity contribution < 1.29 is 13.6 Å². The first kappa shape index (κ1) is 16.9. The first-order valence-corrected chi connectivity index (χ1v) is 7.33. The van der Waals surface area contributed by atoms with Gasteiger partial charge in [-0.2, -0.15) is 0 Å². The molecule has 2 unspecified atom stereocenters. The van der Waals surface area contributed by atoms with Gasteiger partial charge in [0.25, 0.3) is 0 Å². The average Bonchev–Trinajstić information content (AvgIpc) is 2.33. The molecule has 0 aliphatic rings. The molecule has 3 N–H and O–H groups in total. The quantitative estimate of drug-likeness (QED) is 0.761. The number of hydrogen-bond acceptors (Lipinski definition) is 3. The molecule has 0 saturated carbocycles. The normalized spacial score (nSPS) is 15.7. The minimum Gasteiger partial charge on any atom is -0.368 e. The van der Waals surface area contributed by atoms with Crippen LogP contribution in [0.2, 0.25) is 0 Å². The summed E-state index contributed by atoms with van der Waals surface area (Å²) in [6, 6.07) is 3.78. The van der Waals surface area contributed by atoms with Crippen LogP contribution in [0.25, 0.3) is 0 Å². The summed E-state index contributed by atoms with van der Waals surface area (Å²) in [4.78, 5) is 12.2. The van der Waals surface area contributed by atoms with Gasteiger partial charge in [-0.3, -0.25) is 4.79 Å². The van der Waals surface area contributed by atoms with Crippen molar-refractivity contribution in [2.45, 2.75) is 42.9 Å². The second-order valence-corrected chi connectivity index (χ2v) is 6.45. The number of carbonyl (C=O) groups is 1. The number of nitrogens with two attached hydrogens (primary N) is 1. The van der Waals surface area contributed by atoms with Crippen LogP contribution in [0.15, 0.2) is 23.1 Å². The lowest BCUT2D eigenvalue weighted by Gasteiger charge is -2.29. The number of halogens is 2. The van der Waals surface area contributed by atoms with Crippen LogP contribution in [0.1, 0.15) is 27.2 Å². The minimum absolute atomic E-state index is 0.0245. The highest BCUT2D eigenvalue weighted by Gasteiger charge is 2.32. The van der Waals surface area contributed by atoms with Gasteiger partial charge in [0.1, 0.15) is 0 Å². The lowest BCUT2D eigenvalue weighted by atomic mass is 9.95. The number of rotatable bonds is 7. The fraction of sp³-hybridized carbons (Fsp3) is 0.500. The van der Waals surface area contributed by atoms with E-state index >= 15 is 0 Å². The van der Waals surface area contributed by atoms with E-state index in [0.29, 0.717) is 17.9 Å². The number of carbonyl (C=O) groups excluding carboxylic acids is 1. The summed E-state index contributed by atoms with van der Waals surface area (Å²) in [6.07, 6.45) is 0.500. The fourth-order valence-electron chi connectivity index (χ4n) is 2.05. The second-order valence-electron chi connectivity index (χ2n) is 4.94. The maximum atomic E-state index is 13.1. The van der Waals surface area contributed by atoms with Gasteiger partial charge in [0.15, 0.2) is 11.6 Å². The Morgan fingerprint density at radius 3 is 2.60 bits per heavy atom. The Labute approximate surface area is 122 Å². The van der Waals surface area contributed by atoms with Crippen LogP contribution >= 0.6 is 11.8 Å². The Morgan fingerprint density at radius 1 is 1.45 bits per heavy atom. The van der Waals surface area contributed by atoms with Gasteiger partial charge in [0.2, 0.25) is 5.91 Å². The zero-order chi connectivity index (χ0) is 15.3. The molecule has 3 nitrogen and oxygen atoms in total. The van der Waals surface area contributed by atoms with E-state index in [1.54, 1.807) is 6.92 Å². The number of primary amides is 1. The minimum atomic E-state index is -0.869. The Balaban J connectivity index is 2.72. The third kappa shape index (κ3) is 4.45. The van der Waals surface area contributed by atoms with E-state index in [-0.39, 0.29) is 5.25 Å². The molecule has 0 aromatic heterocycles. The van der Waals surface area contributed by atoms with Crippen LogP contribution in [0.4, 0.5) is 8.78 Å². The van der Waals surface area contributed by atoms with Gasteiger partial charge in [-0.15, -0.1) is 11.8 Å². The van der Waals surface area contributed by atoms with Crippen molar-refractivity contribution in [2.24, 2.45) is 5.73 Å². The molecule has 1 aromatic carbocycles. The van der Waals surface area contributed by atoms with Crippen molar-refractivity contribution >= 4 is 17.7 Å². The number of benzene rings is 1. The summed E-state index contributed by atoms with van der Waals surface area (Å²) < 4.78 is 26.0. The molecule has 0 aliphatic heterocycles. The fourth-order valence-corrected chi connectivity index (χ4v) is 3.25. The van der Waals surface area contributed by atoms with Gasteiger partial charge < -0.3 is 11.1 Å². The zero-order valence-corrected chi connectivity index (χ0v) is 12.7. The Bertz CT molecular complexity index is 484. The van der Waals surface area contributed by atoms with Crippen molar-refractivity contribution in [3.05, 3.63) is 29.8 Å². The van der Waals surface area contributed by atoms with Crippen molar-refractivity contribution in [2.75, 3.05) is 6.54 Å². The lowest BCUT2D eigenvalue weighted by molar-refractivity contribution is -0.124. The van der Waals surface area contributed by atoms with Crippen LogP contribution in [0.5, 0.6) is 0 Å². The molecule has 0 radical (unpaired) electrons. The predicted octanol–water partition coefficient (Wildman–Crippen LogP) is 2.69. The van der Waals surface area contributed by atoms with Gasteiger partial charge in [-0.05, 0) is 38.1 Å². The van der Waals surface area contributed by atoms with Gasteiger partial charge >= 0.3 is 0 Å². The topological polar surface area (TPSA) is 55.1 Å². The Hall–Kier alpha value is -1.14. The number of nitrogens with one attached hydrogen (secondary N) is 1. The number of amides is 1. The Morgan fingerprint density at radius 2 is 2.10 bits per heavy atom. The smallest absolute Gasteiger partial charge is 0.237 e. The molecule has 1 aromatic rings. The molecule has 0 saturated heterocycles. The number of thioether (sulfide) groups is 1. The van der Waals surface area contributed by atoms with E-state index in [4.69, 9.17) is 5.73 Å². The highest BCUT2D eigenvalue weighted by atomic mass is 32.2. The number of hydrogen-bond donors (Lipinski definition) is 2. The third-order valence-corrected chi connectivity index (χ3v) is 4.13. The van der Waals surface area contributed by atoms with Crippen LogP contribution < -0.4 is 11.1 Å². The zero-order valence-electron chi connectivity index (χ0n) is 11.9. The molecule has 0 aliphatic carbocycles. The monoisotopic (exact) mass is 302 g/mol. The van der Waals surface area contributed by atoms with E-state index in [1.807, 2.05) is 13.8 Å². The summed E-state index contributed by atoms with van der Waals surface area (Å²) in [7, 11) is 0. The molecule has 0 fully saturated rings. The molecular weight excluding hydrogens is 282 g/mol. The van der Waals surface area contributed by atoms with Crippen molar-refractivity contribution in [1.82, 2.24) is 5.32 Å². The summed E-state index contributed by atoms with van der Waals surface area (Å²) in [5.41, 5.74) is 4.62. The van der Waals surface area contributed by atoms with E-state index in [9.17, 15) is 13.6 Å². The first-order chi connectivity index (χ1) is 9.28. The summed E-state index contributed by atoms with van der Waals surface area (Å²) >= 11 is 1.38. The largest absolute Gasteiger partial charge is 0.368 e. The molecular formula is C14H20F2N2OS. The van der Waals surface area contributed by atoms with Crippen molar-refractivity contribution in [3.8, 4) is 0 Å². The molecule has 20 heavy (non-hydrogen) atoms. The van der Waals surface area contributed by atoms with E-state index in [0.717, 1.165) is 12.1 Å². The Kier molecular flexibility index (Phi) is 5.95. The first-order valence-electron chi connectivity index (χ1n) is 6.45. The highest BCUT2D eigenvalue weighted by molar-refractivity contribution is 7.99. The maximum absolute atomic E-state index is 13.1. The summed E-state index contributed by atoms with van der Waals surface area (Å²) in [5.74, 6) is -2.15.